The molecule has 0 amide bonds. The van der Waals surface area contributed by atoms with Crippen LogP contribution in [0.5, 0.6) is 0 Å². The van der Waals surface area contributed by atoms with Gasteiger partial charge in [0.1, 0.15) is 5.82 Å². The lowest BCUT2D eigenvalue weighted by Gasteiger charge is -2.53. The molecule has 5 nitrogen and oxygen atoms in total. The molecule has 2 saturated heterocycles. The number of rotatable bonds is 4. The van der Waals surface area contributed by atoms with Gasteiger partial charge in [-0.2, -0.15) is 0 Å². The van der Waals surface area contributed by atoms with E-state index in [4.69, 9.17) is 16.6 Å². The molecule has 3 fully saturated rings. The fourth-order valence-corrected chi connectivity index (χ4v) is 5.89. The summed E-state index contributed by atoms with van der Waals surface area (Å²) >= 11 is 6.14. The van der Waals surface area contributed by atoms with Crippen molar-refractivity contribution in [3.8, 4) is 0 Å². The highest BCUT2D eigenvalue weighted by Crippen LogP contribution is 2.58. The molecule has 2 atom stereocenters. The highest BCUT2D eigenvalue weighted by molar-refractivity contribution is 6.31. The van der Waals surface area contributed by atoms with E-state index in [-0.39, 0.29) is 5.41 Å². The zero-order valence-electron chi connectivity index (χ0n) is 20.5. The first-order valence-corrected chi connectivity index (χ1v) is 12.6. The minimum atomic E-state index is 0.195. The van der Waals surface area contributed by atoms with E-state index in [2.05, 4.69) is 33.3 Å². The molecule has 0 bridgehead atoms. The maximum Gasteiger partial charge on any atom is 0.126 e. The summed E-state index contributed by atoms with van der Waals surface area (Å²) in [7, 11) is 1.94. The van der Waals surface area contributed by atoms with E-state index in [1.807, 2.05) is 52.9 Å². The van der Waals surface area contributed by atoms with E-state index in [9.17, 15) is 0 Å². The monoisotopic (exact) mass is 457 g/mol. The highest BCUT2D eigenvalue weighted by atomic mass is 35.5. The van der Waals surface area contributed by atoms with Crippen molar-refractivity contribution >= 4 is 22.6 Å². The topological polar surface area (TPSA) is 47.2 Å². The maximum absolute atomic E-state index is 6.14. The van der Waals surface area contributed by atoms with Crippen LogP contribution >= 0.6 is 11.6 Å². The van der Waals surface area contributed by atoms with Crippen LogP contribution in [0.3, 0.4) is 0 Å². The molecule has 3 aliphatic rings. The lowest BCUT2D eigenvalue weighted by molar-refractivity contribution is 0.00623. The molecule has 1 aromatic carbocycles. The van der Waals surface area contributed by atoms with Crippen LogP contribution < -0.4 is 5.32 Å². The molecule has 32 heavy (non-hydrogen) atoms. The number of nitrogens with zero attached hydrogens (tertiary/aromatic N) is 3. The number of hydrogen-bond donors (Lipinski definition) is 2. The van der Waals surface area contributed by atoms with Crippen molar-refractivity contribution in [3.05, 3.63) is 53.7 Å². The average molecular weight is 458 g/mol. The molecule has 0 radical (unpaired) electrons. The maximum atomic E-state index is 6.14. The first-order chi connectivity index (χ1) is 15.5. The third-order valence-corrected chi connectivity index (χ3v) is 7.43. The van der Waals surface area contributed by atoms with Crippen molar-refractivity contribution in [2.45, 2.75) is 66.0 Å². The van der Waals surface area contributed by atoms with Gasteiger partial charge in [0.05, 0.1) is 23.4 Å². The highest BCUT2D eigenvalue weighted by Gasteiger charge is 2.61. The SMILES string of the molecule is C=C(NC)N1CC2(C1)C(=C)N(Cc1nc3ccc(Cl)cc3[nH]1)C1CCCCC12.CC.CC. The van der Waals surface area contributed by atoms with Crippen molar-refractivity contribution in [3.63, 3.8) is 0 Å². The van der Waals surface area contributed by atoms with Gasteiger partial charge in [-0.25, -0.2) is 4.98 Å². The Morgan fingerprint density at radius 1 is 1.22 bits per heavy atom. The minimum Gasteiger partial charge on any atom is -0.375 e. The van der Waals surface area contributed by atoms with Gasteiger partial charge in [0.2, 0.25) is 0 Å². The fraction of sp³-hybridized carbons (Fsp3) is 0.577. The number of imidazole rings is 1. The fourth-order valence-electron chi connectivity index (χ4n) is 5.71. The predicted molar refractivity (Wildman–Crippen MR) is 136 cm³/mol. The molecule has 1 saturated carbocycles. The summed E-state index contributed by atoms with van der Waals surface area (Å²) < 4.78 is 0. The molecular formula is C26H40ClN5. The number of H-pyrrole nitrogens is 1. The number of nitrogens with one attached hydrogen (secondary N) is 2. The molecule has 2 unspecified atom stereocenters. The van der Waals surface area contributed by atoms with Crippen molar-refractivity contribution < 1.29 is 0 Å². The summed E-state index contributed by atoms with van der Waals surface area (Å²) in [6, 6.07) is 6.40. The number of fused-ring (bicyclic) bond motifs is 3. The molecule has 1 aromatic heterocycles. The normalized spacial score (nSPS) is 23.0. The second-order valence-electron chi connectivity index (χ2n) is 8.59. The zero-order chi connectivity index (χ0) is 23.5. The van der Waals surface area contributed by atoms with Crippen molar-refractivity contribution in [1.29, 1.82) is 0 Å². The van der Waals surface area contributed by atoms with E-state index >= 15 is 0 Å². The van der Waals surface area contributed by atoms with Gasteiger partial charge >= 0.3 is 0 Å². The van der Waals surface area contributed by atoms with Crippen molar-refractivity contribution in [1.82, 2.24) is 25.1 Å². The lowest BCUT2D eigenvalue weighted by atomic mass is 9.64. The standard InChI is InChI=1S/C22H28ClN5.2C2H6/c1-14-22(12-27(13-22)15(2)24-3)17-6-4-5-7-20(17)28(14)11-21-25-18-9-8-16(23)10-19(18)26-21;2*1-2/h8-10,17,20,24H,1-2,4-7,11-13H2,3H3,(H,25,26);2*1-2H3. The van der Waals surface area contributed by atoms with Gasteiger partial charge in [-0.15, -0.1) is 0 Å². The molecule has 3 heterocycles. The summed E-state index contributed by atoms with van der Waals surface area (Å²) in [5.41, 5.74) is 3.46. The number of aromatic nitrogens is 2. The van der Waals surface area contributed by atoms with E-state index in [1.165, 1.54) is 31.4 Å². The molecule has 2 aromatic rings. The average Bonchev–Trinajstić information content (AvgIpc) is 3.31. The first-order valence-electron chi connectivity index (χ1n) is 12.2. The Bertz CT molecular complexity index is 943. The van der Waals surface area contributed by atoms with Crippen LogP contribution in [0.2, 0.25) is 5.02 Å². The second-order valence-corrected chi connectivity index (χ2v) is 9.02. The van der Waals surface area contributed by atoms with E-state index in [1.54, 1.807) is 0 Å². The van der Waals surface area contributed by atoms with Crippen LogP contribution in [0.1, 0.15) is 59.2 Å². The summed E-state index contributed by atoms with van der Waals surface area (Å²) in [6.07, 6.45) is 5.20. The van der Waals surface area contributed by atoms with Crippen LogP contribution in [-0.4, -0.2) is 45.9 Å². The second kappa shape index (κ2) is 10.2. The number of hydrogen-bond acceptors (Lipinski definition) is 4. The van der Waals surface area contributed by atoms with Gasteiger partial charge < -0.3 is 20.1 Å². The van der Waals surface area contributed by atoms with Crippen molar-refractivity contribution in [2.24, 2.45) is 11.3 Å². The minimum absolute atomic E-state index is 0.195. The van der Waals surface area contributed by atoms with Gasteiger partial charge in [0, 0.05) is 42.3 Å². The van der Waals surface area contributed by atoms with Gasteiger partial charge in [-0.05, 0) is 37.0 Å². The largest absolute Gasteiger partial charge is 0.375 e. The molecule has 2 N–H and O–H groups in total. The Kier molecular flexibility index (Phi) is 7.81. The van der Waals surface area contributed by atoms with Crippen LogP contribution in [0.4, 0.5) is 0 Å². The smallest absolute Gasteiger partial charge is 0.126 e. The Morgan fingerprint density at radius 2 is 1.91 bits per heavy atom. The summed E-state index contributed by atoms with van der Waals surface area (Å²) in [4.78, 5) is 13.2. The number of benzene rings is 1. The third-order valence-electron chi connectivity index (χ3n) is 7.19. The first kappa shape index (κ1) is 24.5. The van der Waals surface area contributed by atoms with Crippen LogP contribution in [0.15, 0.2) is 42.9 Å². The molecule has 6 heteroatoms. The Labute approximate surface area is 198 Å². The quantitative estimate of drug-likeness (QED) is 0.578. The summed E-state index contributed by atoms with van der Waals surface area (Å²) in [5.74, 6) is 2.70. The van der Waals surface area contributed by atoms with Crippen LogP contribution in [0.25, 0.3) is 11.0 Å². The third kappa shape index (κ3) is 4.12. The predicted octanol–water partition coefficient (Wildman–Crippen LogP) is 6.15. The Morgan fingerprint density at radius 3 is 2.59 bits per heavy atom. The van der Waals surface area contributed by atoms with Gasteiger partial charge in [-0.1, -0.05) is 65.3 Å². The van der Waals surface area contributed by atoms with E-state index in [0.717, 1.165) is 47.3 Å². The number of aromatic amines is 1. The summed E-state index contributed by atoms with van der Waals surface area (Å²) in [6.45, 7) is 19.6. The van der Waals surface area contributed by atoms with Gasteiger partial charge in [0.15, 0.2) is 0 Å². The number of likely N-dealkylation sites (tertiary alicyclic amines) is 2. The Balaban J connectivity index is 0.000000686. The van der Waals surface area contributed by atoms with Crippen LogP contribution in [-0.2, 0) is 6.54 Å². The van der Waals surface area contributed by atoms with Gasteiger partial charge in [-0.3, -0.25) is 0 Å². The molecule has 2 aliphatic heterocycles. The molecular weight excluding hydrogens is 418 g/mol. The van der Waals surface area contributed by atoms with E-state index in [0.29, 0.717) is 12.0 Å². The van der Waals surface area contributed by atoms with Crippen molar-refractivity contribution in [2.75, 3.05) is 20.1 Å². The Hall–Kier alpha value is -2.14. The summed E-state index contributed by atoms with van der Waals surface area (Å²) in [5, 5.41) is 3.93. The van der Waals surface area contributed by atoms with Crippen LogP contribution in [0, 0.1) is 11.3 Å². The van der Waals surface area contributed by atoms with Gasteiger partial charge in [0.25, 0.3) is 0 Å². The molecule has 1 spiro atoms. The molecule has 176 valence electrons. The lowest BCUT2D eigenvalue weighted by Crippen LogP contribution is -2.60. The molecule has 5 rings (SSSR count). The number of halogens is 1. The van der Waals surface area contributed by atoms with E-state index < -0.39 is 0 Å². The zero-order valence-corrected chi connectivity index (χ0v) is 21.2. The molecule has 1 aliphatic carbocycles.